The van der Waals surface area contributed by atoms with Gasteiger partial charge in [0.1, 0.15) is 11.5 Å². The fourth-order valence-electron chi connectivity index (χ4n) is 2.03. The molecule has 1 aliphatic rings. The topological polar surface area (TPSA) is 42.2 Å². The predicted octanol–water partition coefficient (Wildman–Crippen LogP) is 3.15. The molecule has 1 atom stereocenters. The highest BCUT2D eigenvalue weighted by molar-refractivity contribution is 7.84. The molecule has 3 rings (SSSR count). The number of aryl methyl sites for hydroxylation is 1. The molecule has 106 valence electrons. The fourth-order valence-corrected chi connectivity index (χ4v) is 3.05. The normalized spacial score (nSPS) is 16.2. The molecular formula is C16H19NO2S. The Hall–Kier alpha value is -1.39. The van der Waals surface area contributed by atoms with E-state index in [4.69, 9.17) is 4.42 Å². The van der Waals surface area contributed by atoms with E-state index in [-0.39, 0.29) is 0 Å². The van der Waals surface area contributed by atoms with Crippen molar-refractivity contribution in [1.82, 2.24) is 5.32 Å². The highest BCUT2D eigenvalue weighted by Crippen LogP contribution is 2.20. The molecule has 1 heterocycles. The Balaban J connectivity index is 1.58. The molecule has 1 N–H and O–H groups in total. The SMILES string of the molecule is Cc1ccc(S(=O)Cc2ccc(CNC3CC3)o2)cc1. The molecule has 1 aromatic carbocycles. The van der Waals surface area contributed by atoms with E-state index in [1.807, 2.05) is 43.3 Å². The maximum Gasteiger partial charge on any atom is 0.118 e. The van der Waals surface area contributed by atoms with Crippen molar-refractivity contribution in [2.45, 2.75) is 43.0 Å². The summed E-state index contributed by atoms with van der Waals surface area (Å²) in [6, 6.07) is 12.4. The molecule has 1 unspecified atom stereocenters. The standard InChI is InChI=1S/C16H19NO2S/c1-12-2-8-16(9-3-12)20(18)11-15-7-6-14(19-15)10-17-13-4-5-13/h2-3,6-9,13,17H,4-5,10-11H2,1H3. The van der Waals surface area contributed by atoms with Gasteiger partial charge in [0.05, 0.1) is 23.1 Å². The first kappa shape index (κ1) is 13.6. The Morgan fingerprint density at radius 3 is 2.55 bits per heavy atom. The minimum absolute atomic E-state index is 0.437. The molecule has 0 bridgehead atoms. The highest BCUT2D eigenvalue weighted by atomic mass is 32.2. The molecule has 1 saturated carbocycles. The molecule has 4 heteroatoms. The number of benzene rings is 1. The van der Waals surface area contributed by atoms with E-state index in [2.05, 4.69) is 5.32 Å². The predicted molar refractivity (Wildman–Crippen MR) is 79.9 cm³/mol. The summed E-state index contributed by atoms with van der Waals surface area (Å²) in [6.45, 7) is 2.79. The molecule has 20 heavy (non-hydrogen) atoms. The molecule has 0 radical (unpaired) electrons. The van der Waals surface area contributed by atoms with Crippen molar-refractivity contribution in [2.24, 2.45) is 0 Å². The van der Waals surface area contributed by atoms with Crippen LogP contribution in [0.4, 0.5) is 0 Å². The summed E-state index contributed by atoms with van der Waals surface area (Å²) in [5.74, 6) is 2.15. The van der Waals surface area contributed by atoms with Gasteiger partial charge >= 0.3 is 0 Å². The molecule has 1 aliphatic carbocycles. The minimum Gasteiger partial charge on any atom is -0.464 e. The molecule has 1 aromatic heterocycles. The van der Waals surface area contributed by atoms with Gasteiger partial charge in [0.25, 0.3) is 0 Å². The molecule has 3 nitrogen and oxygen atoms in total. The van der Waals surface area contributed by atoms with E-state index < -0.39 is 10.8 Å². The van der Waals surface area contributed by atoms with Crippen LogP contribution >= 0.6 is 0 Å². The largest absolute Gasteiger partial charge is 0.464 e. The minimum atomic E-state index is -1.04. The molecule has 0 spiro atoms. The first-order valence-corrected chi connectivity index (χ1v) is 8.28. The summed E-state index contributed by atoms with van der Waals surface area (Å²) in [7, 11) is -1.04. The van der Waals surface area contributed by atoms with Crippen LogP contribution in [0.3, 0.4) is 0 Å². The quantitative estimate of drug-likeness (QED) is 0.888. The summed E-state index contributed by atoms with van der Waals surface area (Å²) in [6.07, 6.45) is 2.54. The van der Waals surface area contributed by atoms with Crippen LogP contribution in [0.15, 0.2) is 45.7 Å². The lowest BCUT2D eigenvalue weighted by atomic mass is 10.2. The van der Waals surface area contributed by atoms with Crippen LogP contribution in [0.2, 0.25) is 0 Å². The molecule has 0 saturated heterocycles. The average molecular weight is 289 g/mol. The van der Waals surface area contributed by atoms with Crippen molar-refractivity contribution in [3.05, 3.63) is 53.5 Å². The maximum atomic E-state index is 12.2. The van der Waals surface area contributed by atoms with E-state index in [9.17, 15) is 4.21 Å². The molecule has 2 aromatic rings. The summed E-state index contributed by atoms with van der Waals surface area (Å²) < 4.78 is 18.0. The zero-order valence-electron chi connectivity index (χ0n) is 11.6. The number of hydrogen-bond donors (Lipinski definition) is 1. The van der Waals surface area contributed by atoms with Gasteiger partial charge in [-0.2, -0.15) is 0 Å². The van der Waals surface area contributed by atoms with Crippen molar-refractivity contribution in [2.75, 3.05) is 0 Å². The van der Waals surface area contributed by atoms with Crippen LogP contribution in [0.5, 0.6) is 0 Å². The van der Waals surface area contributed by atoms with Gasteiger partial charge in [-0.15, -0.1) is 0 Å². The van der Waals surface area contributed by atoms with Gasteiger partial charge in [0, 0.05) is 10.9 Å². The number of rotatable bonds is 6. The second-order valence-electron chi connectivity index (χ2n) is 5.33. The average Bonchev–Trinajstić information content (AvgIpc) is 3.17. The summed E-state index contributed by atoms with van der Waals surface area (Å²) in [5.41, 5.74) is 1.18. The van der Waals surface area contributed by atoms with Crippen molar-refractivity contribution in [3.63, 3.8) is 0 Å². The third-order valence-electron chi connectivity index (χ3n) is 3.42. The van der Waals surface area contributed by atoms with Crippen LogP contribution in [-0.4, -0.2) is 10.3 Å². The lowest BCUT2D eigenvalue weighted by Gasteiger charge is -2.01. The first-order chi connectivity index (χ1) is 9.70. The summed E-state index contributed by atoms with van der Waals surface area (Å²) in [4.78, 5) is 0.852. The van der Waals surface area contributed by atoms with E-state index in [0.717, 1.165) is 23.0 Å². The van der Waals surface area contributed by atoms with Crippen LogP contribution in [0.1, 0.15) is 29.9 Å². The maximum absolute atomic E-state index is 12.2. The Labute approximate surface area is 121 Å². The van der Waals surface area contributed by atoms with Gasteiger partial charge in [-0.25, -0.2) is 0 Å². The second-order valence-corrected chi connectivity index (χ2v) is 6.78. The Kier molecular flexibility index (Phi) is 4.03. The molecule has 0 amide bonds. The van der Waals surface area contributed by atoms with Gasteiger partial charge in [-0.05, 0) is 44.0 Å². The van der Waals surface area contributed by atoms with Crippen molar-refractivity contribution < 1.29 is 8.63 Å². The number of nitrogens with one attached hydrogen (secondary N) is 1. The van der Waals surface area contributed by atoms with Crippen LogP contribution in [0.25, 0.3) is 0 Å². The number of hydrogen-bond acceptors (Lipinski definition) is 3. The Morgan fingerprint density at radius 2 is 1.85 bits per heavy atom. The van der Waals surface area contributed by atoms with Crippen molar-refractivity contribution in [3.8, 4) is 0 Å². The smallest absolute Gasteiger partial charge is 0.118 e. The monoisotopic (exact) mass is 289 g/mol. The third kappa shape index (κ3) is 3.58. The number of furan rings is 1. The van der Waals surface area contributed by atoms with Crippen LogP contribution in [0, 0.1) is 6.92 Å². The highest BCUT2D eigenvalue weighted by Gasteiger charge is 2.20. The first-order valence-electron chi connectivity index (χ1n) is 6.97. The fraction of sp³-hybridized carbons (Fsp3) is 0.375. The van der Waals surface area contributed by atoms with Crippen molar-refractivity contribution >= 4 is 10.8 Å². The van der Waals surface area contributed by atoms with Crippen LogP contribution in [-0.2, 0) is 23.1 Å². The Bertz CT molecular complexity index is 599. The molecule has 0 aliphatic heterocycles. The van der Waals surface area contributed by atoms with Gasteiger partial charge in [-0.1, -0.05) is 17.7 Å². The van der Waals surface area contributed by atoms with E-state index >= 15 is 0 Å². The van der Waals surface area contributed by atoms with Gasteiger partial charge < -0.3 is 9.73 Å². The van der Waals surface area contributed by atoms with Crippen molar-refractivity contribution in [1.29, 1.82) is 0 Å². The second kappa shape index (κ2) is 5.94. The van der Waals surface area contributed by atoms with E-state index in [1.165, 1.54) is 18.4 Å². The summed E-state index contributed by atoms with van der Waals surface area (Å²) >= 11 is 0. The van der Waals surface area contributed by atoms with Gasteiger partial charge in [0.2, 0.25) is 0 Å². The summed E-state index contributed by atoms with van der Waals surface area (Å²) in [5, 5.41) is 3.41. The third-order valence-corrected chi connectivity index (χ3v) is 4.76. The zero-order chi connectivity index (χ0) is 13.9. The zero-order valence-corrected chi connectivity index (χ0v) is 12.4. The lowest BCUT2D eigenvalue weighted by molar-refractivity contribution is 0.457. The van der Waals surface area contributed by atoms with E-state index in [0.29, 0.717) is 11.8 Å². The Morgan fingerprint density at radius 1 is 1.15 bits per heavy atom. The van der Waals surface area contributed by atoms with Gasteiger partial charge in [0.15, 0.2) is 0 Å². The van der Waals surface area contributed by atoms with Gasteiger partial charge in [-0.3, -0.25) is 4.21 Å². The lowest BCUT2D eigenvalue weighted by Crippen LogP contribution is -2.14. The van der Waals surface area contributed by atoms with Crippen LogP contribution < -0.4 is 5.32 Å². The molecular weight excluding hydrogens is 270 g/mol. The molecule has 1 fully saturated rings. The van der Waals surface area contributed by atoms with E-state index in [1.54, 1.807) is 0 Å².